The highest BCUT2D eigenvalue weighted by Gasteiger charge is 2.11. The molecule has 1 rings (SSSR count). The number of unbranched alkanes of at least 4 members (excludes halogenated alkanes) is 3. The van der Waals surface area contributed by atoms with Gasteiger partial charge in [-0.05, 0) is 19.3 Å². The highest BCUT2D eigenvalue weighted by molar-refractivity contribution is 5.38. The van der Waals surface area contributed by atoms with Crippen LogP contribution in [0, 0.1) is 0 Å². The van der Waals surface area contributed by atoms with Crippen molar-refractivity contribution in [2.45, 2.75) is 38.2 Å². The molecule has 0 aliphatic heterocycles. The first kappa shape index (κ1) is 11.8. The lowest BCUT2D eigenvalue weighted by atomic mass is 10.0. The second-order valence-corrected chi connectivity index (χ2v) is 3.68. The fourth-order valence-electron chi connectivity index (χ4n) is 1.53. The number of H-pyrrole nitrogens is 1. The van der Waals surface area contributed by atoms with E-state index in [1.807, 2.05) is 6.08 Å². The fraction of sp³-hybridized carbons (Fsp3) is 0.545. The molecule has 0 spiro atoms. The van der Waals surface area contributed by atoms with Crippen molar-refractivity contribution in [3.8, 4) is 0 Å². The molecule has 4 N–H and O–H groups in total. The lowest BCUT2D eigenvalue weighted by Crippen LogP contribution is -2.00. The van der Waals surface area contributed by atoms with Crippen LogP contribution in [0.5, 0.6) is 0 Å². The zero-order chi connectivity index (χ0) is 11.1. The maximum absolute atomic E-state index is 9.79. The maximum atomic E-state index is 9.79. The van der Waals surface area contributed by atoms with E-state index < -0.39 is 6.10 Å². The predicted octanol–water partition coefficient (Wildman–Crippen LogP) is 2.16. The van der Waals surface area contributed by atoms with Gasteiger partial charge in [0.25, 0.3) is 0 Å². The van der Waals surface area contributed by atoms with Crippen LogP contribution in [0.4, 0.5) is 5.82 Å². The number of aliphatic hydroxyl groups excluding tert-OH is 1. The van der Waals surface area contributed by atoms with Crippen molar-refractivity contribution in [1.82, 2.24) is 10.2 Å². The molecule has 15 heavy (non-hydrogen) atoms. The van der Waals surface area contributed by atoms with E-state index >= 15 is 0 Å². The van der Waals surface area contributed by atoms with Gasteiger partial charge in [0.15, 0.2) is 0 Å². The Bertz CT molecular complexity index is 296. The summed E-state index contributed by atoms with van der Waals surface area (Å²) >= 11 is 0. The number of aliphatic hydroxyl groups is 1. The second kappa shape index (κ2) is 6.24. The summed E-state index contributed by atoms with van der Waals surface area (Å²) in [5.74, 6) is 0.466. The smallest absolute Gasteiger partial charge is 0.124 e. The Kier molecular flexibility index (Phi) is 4.90. The molecule has 1 atom stereocenters. The number of aromatic nitrogens is 2. The summed E-state index contributed by atoms with van der Waals surface area (Å²) in [4.78, 5) is 0. The van der Waals surface area contributed by atoms with Crippen LogP contribution < -0.4 is 5.73 Å². The Morgan fingerprint density at radius 2 is 2.33 bits per heavy atom. The molecular formula is C11H19N3O. The van der Waals surface area contributed by atoms with Crippen LogP contribution in [0.2, 0.25) is 0 Å². The van der Waals surface area contributed by atoms with Crippen molar-refractivity contribution in [3.63, 3.8) is 0 Å². The summed E-state index contributed by atoms with van der Waals surface area (Å²) in [5, 5.41) is 16.2. The second-order valence-electron chi connectivity index (χ2n) is 3.68. The maximum Gasteiger partial charge on any atom is 0.124 e. The topological polar surface area (TPSA) is 74.9 Å². The number of nitrogens with two attached hydrogens (primary N) is 1. The lowest BCUT2D eigenvalue weighted by molar-refractivity contribution is 0.164. The molecular weight excluding hydrogens is 190 g/mol. The first-order chi connectivity index (χ1) is 7.25. The Hall–Kier alpha value is -1.29. The number of nitrogens with zero attached hydrogens (tertiary/aromatic N) is 1. The fourth-order valence-corrected chi connectivity index (χ4v) is 1.53. The number of allylic oxidation sites excluding steroid dienone is 1. The summed E-state index contributed by atoms with van der Waals surface area (Å²) in [7, 11) is 0. The molecule has 0 radical (unpaired) electrons. The predicted molar refractivity (Wildman–Crippen MR) is 61.2 cm³/mol. The van der Waals surface area contributed by atoms with Crippen molar-refractivity contribution in [2.24, 2.45) is 0 Å². The van der Waals surface area contributed by atoms with Gasteiger partial charge in [0.2, 0.25) is 0 Å². The van der Waals surface area contributed by atoms with Gasteiger partial charge in [0.1, 0.15) is 5.82 Å². The molecule has 84 valence electrons. The standard InChI is InChI=1S/C11H19N3O/c1-2-3-4-5-6-7-10(15)9-8-13-14-11(9)12/h2,8,10,15H,1,3-7H2,(H3,12,13,14). The molecule has 0 aromatic carbocycles. The zero-order valence-corrected chi connectivity index (χ0v) is 8.95. The first-order valence-electron chi connectivity index (χ1n) is 5.33. The quantitative estimate of drug-likeness (QED) is 0.476. The molecule has 0 saturated carbocycles. The minimum atomic E-state index is -0.493. The van der Waals surface area contributed by atoms with Crippen molar-refractivity contribution in [1.29, 1.82) is 0 Å². The molecule has 1 aromatic rings. The van der Waals surface area contributed by atoms with Gasteiger partial charge in [-0.1, -0.05) is 18.9 Å². The minimum absolute atomic E-state index is 0.466. The van der Waals surface area contributed by atoms with Crippen LogP contribution in [0.15, 0.2) is 18.9 Å². The van der Waals surface area contributed by atoms with Gasteiger partial charge in [-0.25, -0.2) is 0 Å². The molecule has 0 saturated heterocycles. The molecule has 4 nitrogen and oxygen atoms in total. The van der Waals surface area contributed by atoms with E-state index in [1.54, 1.807) is 6.20 Å². The van der Waals surface area contributed by atoms with E-state index in [0.29, 0.717) is 11.4 Å². The third kappa shape index (κ3) is 3.75. The third-order valence-corrected chi connectivity index (χ3v) is 2.44. The van der Waals surface area contributed by atoms with Crippen LogP contribution in [-0.2, 0) is 0 Å². The van der Waals surface area contributed by atoms with Gasteiger partial charge in [-0.3, -0.25) is 5.10 Å². The van der Waals surface area contributed by atoms with E-state index in [4.69, 9.17) is 5.73 Å². The van der Waals surface area contributed by atoms with Gasteiger partial charge < -0.3 is 10.8 Å². The Morgan fingerprint density at radius 1 is 1.53 bits per heavy atom. The number of nitrogens with one attached hydrogen (secondary N) is 1. The molecule has 0 aliphatic rings. The highest BCUT2D eigenvalue weighted by atomic mass is 16.3. The number of rotatable bonds is 7. The summed E-state index contributed by atoms with van der Waals surface area (Å²) in [6.45, 7) is 3.67. The van der Waals surface area contributed by atoms with E-state index in [2.05, 4.69) is 16.8 Å². The van der Waals surface area contributed by atoms with Crippen LogP contribution in [0.3, 0.4) is 0 Å². The first-order valence-corrected chi connectivity index (χ1v) is 5.33. The van der Waals surface area contributed by atoms with E-state index in [-0.39, 0.29) is 0 Å². The van der Waals surface area contributed by atoms with E-state index in [9.17, 15) is 5.11 Å². The molecule has 0 fully saturated rings. The Morgan fingerprint density at radius 3 is 2.93 bits per heavy atom. The average Bonchev–Trinajstić information content (AvgIpc) is 2.64. The van der Waals surface area contributed by atoms with Crippen molar-refractivity contribution < 1.29 is 5.11 Å². The zero-order valence-electron chi connectivity index (χ0n) is 8.95. The SMILES string of the molecule is C=CCCCCCC(O)c1cn[nH]c1N. The third-order valence-electron chi connectivity index (χ3n) is 2.44. The number of hydrogen-bond donors (Lipinski definition) is 3. The van der Waals surface area contributed by atoms with Gasteiger partial charge >= 0.3 is 0 Å². The lowest BCUT2D eigenvalue weighted by Gasteiger charge is -2.08. The monoisotopic (exact) mass is 209 g/mol. The normalized spacial score (nSPS) is 12.6. The van der Waals surface area contributed by atoms with E-state index in [0.717, 1.165) is 32.1 Å². The summed E-state index contributed by atoms with van der Waals surface area (Å²) < 4.78 is 0. The van der Waals surface area contributed by atoms with Crippen LogP contribution >= 0.6 is 0 Å². The molecule has 1 heterocycles. The van der Waals surface area contributed by atoms with Gasteiger partial charge in [0.05, 0.1) is 12.3 Å². The molecule has 0 amide bonds. The summed E-state index contributed by atoms with van der Waals surface area (Å²) in [5.41, 5.74) is 6.31. The molecule has 0 bridgehead atoms. The molecule has 1 unspecified atom stereocenters. The Labute approximate surface area is 90.2 Å². The van der Waals surface area contributed by atoms with Crippen LogP contribution in [0.25, 0.3) is 0 Å². The average molecular weight is 209 g/mol. The molecule has 4 heteroatoms. The highest BCUT2D eigenvalue weighted by Crippen LogP contribution is 2.22. The van der Waals surface area contributed by atoms with Crippen molar-refractivity contribution in [3.05, 3.63) is 24.4 Å². The Balaban J connectivity index is 2.22. The van der Waals surface area contributed by atoms with Crippen LogP contribution in [-0.4, -0.2) is 15.3 Å². The summed E-state index contributed by atoms with van der Waals surface area (Å²) in [6, 6.07) is 0. The number of aromatic amines is 1. The number of hydrogen-bond acceptors (Lipinski definition) is 3. The van der Waals surface area contributed by atoms with Crippen LogP contribution in [0.1, 0.15) is 43.8 Å². The van der Waals surface area contributed by atoms with Crippen molar-refractivity contribution in [2.75, 3.05) is 5.73 Å². The van der Waals surface area contributed by atoms with Gasteiger partial charge in [-0.2, -0.15) is 5.10 Å². The van der Waals surface area contributed by atoms with Gasteiger partial charge in [-0.15, -0.1) is 6.58 Å². The summed E-state index contributed by atoms with van der Waals surface area (Å²) in [6.07, 6.45) is 8.05. The van der Waals surface area contributed by atoms with E-state index in [1.165, 1.54) is 0 Å². The number of anilines is 1. The largest absolute Gasteiger partial charge is 0.388 e. The van der Waals surface area contributed by atoms with Crippen molar-refractivity contribution >= 4 is 5.82 Å². The molecule has 1 aromatic heterocycles. The van der Waals surface area contributed by atoms with Gasteiger partial charge in [0, 0.05) is 5.56 Å². The minimum Gasteiger partial charge on any atom is -0.388 e. The number of nitrogen functional groups attached to an aromatic ring is 1. The molecule has 0 aliphatic carbocycles.